The third-order valence-corrected chi connectivity index (χ3v) is 6.91. The normalized spacial score (nSPS) is 18.3. The van der Waals surface area contributed by atoms with Gasteiger partial charge >= 0.3 is 0 Å². The molecule has 0 saturated carbocycles. The first-order chi connectivity index (χ1) is 12.2. The molecular formula is C19H17ClN2OS2. The summed E-state index contributed by atoms with van der Waals surface area (Å²) in [5.74, 6) is 1.03. The Hall–Kier alpha value is -1.56. The van der Waals surface area contributed by atoms with Gasteiger partial charge in [0.2, 0.25) is 0 Å². The van der Waals surface area contributed by atoms with Crippen LogP contribution in [0.1, 0.15) is 27.6 Å². The Kier molecular flexibility index (Phi) is 4.97. The summed E-state index contributed by atoms with van der Waals surface area (Å²) in [6.07, 6.45) is 0.920. The van der Waals surface area contributed by atoms with E-state index in [1.54, 1.807) is 11.3 Å². The van der Waals surface area contributed by atoms with Gasteiger partial charge in [-0.2, -0.15) is 11.8 Å². The fraction of sp³-hybridized carbons (Fsp3) is 0.263. The monoisotopic (exact) mass is 388 g/mol. The summed E-state index contributed by atoms with van der Waals surface area (Å²) in [5.41, 5.74) is 4.69. The van der Waals surface area contributed by atoms with Crippen LogP contribution in [0.15, 0.2) is 48.0 Å². The second-order valence-electron chi connectivity index (χ2n) is 6.00. The van der Waals surface area contributed by atoms with Gasteiger partial charge in [0.25, 0.3) is 5.91 Å². The van der Waals surface area contributed by atoms with Crippen molar-refractivity contribution in [3.8, 4) is 0 Å². The Labute approximate surface area is 160 Å². The topological polar surface area (TPSA) is 33.2 Å². The minimum atomic E-state index is 0.107. The number of nitrogens with zero attached hydrogens (tertiary/aromatic N) is 2. The van der Waals surface area contributed by atoms with Gasteiger partial charge in [0.05, 0.1) is 15.7 Å². The van der Waals surface area contributed by atoms with E-state index in [1.165, 1.54) is 5.56 Å². The average Bonchev–Trinajstić information content (AvgIpc) is 2.97. The van der Waals surface area contributed by atoms with Crippen LogP contribution in [0.5, 0.6) is 0 Å². The Morgan fingerprint density at radius 1 is 1.20 bits per heavy atom. The number of benzene rings is 2. The van der Waals surface area contributed by atoms with Crippen LogP contribution in [0.25, 0.3) is 10.2 Å². The van der Waals surface area contributed by atoms with Crippen LogP contribution in [-0.4, -0.2) is 34.6 Å². The minimum absolute atomic E-state index is 0.107. The van der Waals surface area contributed by atoms with Crippen LogP contribution in [-0.2, 0) is 0 Å². The zero-order chi connectivity index (χ0) is 17.2. The lowest BCUT2D eigenvalue weighted by atomic mass is 10.1. The van der Waals surface area contributed by atoms with Gasteiger partial charge in [-0.1, -0.05) is 29.8 Å². The predicted molar refractivity (Wildman–Crippen MR) is 107 cm³/mol. The number of carbonyl (C=O) groups is 1. The molecule has 2 heterocycles. The zero-order valence-corrected chi connectivity index (χ0v) is 15.9. The molecule has 1 atom stereocenters. The van der Waals surface area contributed by atoms with Crippen molar-refractivity contribution in [3.05, 3.63) is 64.1 Å². The number of hydrogen-bond donors (Lipinski definition) is 0. The Bertz CT molecular complexity index is 911. The van der Waals surface area contributed by atoms with E-state index in [1.807, 2.05) is 58.6 Å². The van der Waals surface area contributed by atoms with E-state index in [2.05, 4.69) is 11.1 Å². The largest absolute Gasteiger partial charge is 0.338 e. The highest BCUT2D eigenvalue weighted by atomic mass is 35.5. The number of aromatic nitrogens is 1. The van der Waals surface area contributed by atoms with Gasteiger partial charge in [0.1, 0.15) is 0 Å². The molecule has 0 N–H and O–H groups in total. The first-order valence-electron chi connectivity index (χ1n) is 8.21. The fourth-order valence-corrected chi connectivity index (χ4v) is 5.44. The molecule has 0 bridgehead atoms. The highest BCUT2D eigenvalue weighted by molar-refractivity contribution is 7.99. The van der Waals surface area contributed by atoms with Gasteiger partial charge < -0.3 is 4.90 Å². The standard InChI is InChI=1S/C19H17ClN2OS2/c20-15-4-2-1-3-14(15)17-7-8-22(9-10-24-17)19(23)13-5-6-16-18(11-13)25-12-21-16/h1-6,11-12,17H,7-10H2/t17-/m0/s1. The van der Waals surface area contributed by atoms with E-state index in [-0.39, 0.29) is 5.91 Å². The smallest absolute Gasteiger partial charge is 0.253 e. The lowest BCUT2D eigenvalue weighted by Crippen LogP contribution is -2.32. The summed E-state index contributed by atoms with van der Waals surface area (Å²) in [6, 6.07) is 13.8. The molecule has 1 aliphatic rings. The van der Waals surface area contributed by atoms with Crippen molar-refractivity contribution >= 4 is 50.8 Å². The maximum atomic E-state index is 12.9. The summed E-state index contributed by atoms with van der Waals surface area (Å²) in [5, 5.41) is 1.16. The van der Waals surface area contributed by atoms with Crippen LogP contribution in [0, 0.1) is 0 Å². The lowest BCUT2D eigenvalue weighted by molar-refractivity contribution is 0.0767. The quantitative estimate of drug-likeness (QED) is 0.599. The van der Waals surface area contributed by atoms with E-state index in [0.717, 1.165) is 46.1 Å². The van der Waals surface area contributed by atoms with E-state index in [0.29, 0.717) is 5.25 Å². The summed E-state index contributed by atoms with van der Waals surface area (Å²) < 4.78 is 1.06. The van der Waals surface area contributed by atoms with E-state index in [9.17, 15) is 4.79 Å². The molecule has 0 spiro atoms. The predicted octanol–water partition coefficient (Wildman–Crippen LogP) is 5.27. The molecule has 2 aromatic carbocycles. The second kappa shape index (κ2) is 7.36. The third kappa shape index (κ3) is 3.54. The highest BCUT2D eigenvalue weighted by Crippen LogP contribution is 2.38. The summed E-state index contributed by atoms with van der Waals surface area (Å²) in [4.78, 5) is 19.1. The van der Waals surface area contributed by atoms with Crippen LogP contribution in [0.2, 0.25) is 5.02 Å². The highest BCUT2D eigenvalue weighted by Gasteiger charge is 2.24. The number of amides is 1. The molecule has 1 aromatic heterocycles. The van der Waals surface area contributed by atoms with Gasteiger partial charge in [-0.25, -0.2) is 4.98 Å². The SMILES string of the molecule is O=C(c1ccc2ncsc2c1)N1CCS[C@H](c2ccccc2Cl)CC1. The zero-order valence-electron chi connectivity index (χ0n) is 13.5. The van der Waals surface area contributed by atoms with Crippen molar-refractivity contribution in [2.75, 3.05) is 18.8 Å². The fourth-order valence-electron chi connectivity index (χ4n) is 3.13. The third-order valence-electron chi connectivity index (χ3n) is 4.46. The molecule has 0 aliphatic carbocycles. The van der Waals surface area contributed by atoms with Crippen LogP contribution >= 0.6 is 34.7 Å². The number of thiazole rings is 1. The van der Waals surface area contributed by atoms with Gasteiger partial charge in [-0.3, -0.25) is 4.79 Å². The van der Waals surface area contributed by atoms with E-state index in [4.69, 9.17) is 11.6 Å². The molecule has 1 amide bonds. The van der Waals surface area contributed by atoms with Crippen molar-refractivity contribution in [3.63, 3.8) is 0 Å². The van der Waals surface area contributed by atoms with Crippen molar-refractivity contribution in [1.82, 2.24) is 9.88 Å². The molecule has 1 aliphatic heterocycles. The second-order valence-corrected chi connectivity index (χ2v) is 8.60. The molecule has 3 nitrogen and oxygen atoms in total. The summed E-state index contributed by atoms with van der Waals surface area (Å²) >= 11 is 9.81. The van der Waals surface area contributed by atoms with Crippen molar-refractivity contribution in [1.29, 1.82) is 0 Å². The van der Waals surface area contributed by atoms with E-state index < -0.39 is 0 Å². The number of hydrogen-bond acceptors (Lipinski definition) is 4. The molecule has 4 rings (SSSR count). The van der Waals surface area contributed by atoms with Crippen molar-refractivity contribution < 1.29 is 4.79 Å². The molecule has 0 unspecified atom stereocenters. The molecule has 1 fully saturated rings. The van der Waals surface area contributed by atoms with Crippen molar-refractivity contribution in [2.24, 2.45) is 0 Å². The average molecular weight is 389 g/mol. The molecule has 0 radical (unpaired) electrons. The van der Waals surface area contributed by atoms with Gasteiger partial charge in [-0.05, 0) is 36.2 Å². The molecule has 128 valence electrons. The van der Waals surface area contributed by atoms with Crippen molar-refractivity contribution in [2.45, 2.75) is 11.7 Å². The molecular weight excluding hydrogens is 372 g/mol. The summed E-state index contributed by atoms with van der Waals surface area (Å²) in [7, 11) is 0. The van der Waals surface area contributed by atoms with Gasteiger partial charge in [0, 0.05) is 34.7 Å². The summed E-state index contributed by atoms with van der Waals surface area (Å²) in [6.45, 7) is 1.52. The van der Waals surface area contributed by atoms with Crippen LogP contribution in [0.4, 0.5) is 0 Å². The van der Waals surface area contributed by atoms with Gasteiger partial charge in [0.15, 0.2) is 0 Å². The number of rotatable bonds is 2. The lowest BCUT2D eigenvalue weighted by Gasteiger charge is -2.20. The van der Waals surface area contributed by atoms with Gasteiger partial charge in [-0.15, -0.1) is 11.3 Å². The number of halogens is 1. The van der Waals surface area contributed by atoms with E-state index >= 15 is 0 Å². The number of fused-ring (bicyclic) bond motifs is 1. The number of thioether (sulfide) groups is 1. The Balaban J connectivity index is 1.50. The molecule has 3 aromatic rings. The first kappa shape index (κ1) is 16.9. The molecule has 6 heteroatoms. The van der Waals surface area contributed by atoms with Crippen LogP contribution < -0.4 is 0 Å². The first-order valence-corrected chi connectivity index (χ1v) is 10.5. The maximum absolute atomic E-state index is 12.9. The maximum Gasteiger partial charge on any atom is 0.253 e. The number of carbonyl (C=O) groups excluding carboxylic acids is 1. The molecule has 25 heavy (non-hydrogen) atoms. The Morgan fingerprint density at radius 3 is 2.96 bits per heavy atom. The van der Waals surface area contributed by atoms with Crippen LogP contribution in [0.3, 0.4) is 0 Å². The minimum Gasteiger partial charge on any atom is -0.338 e. The Morgan fingerprint density at radius 2 is 2.08 bits per heavy atom. The molecule has 1 saturated heterocycles.